The topological polar surface area (TPSA) is 85.4 Å². The first-order valence-electron chi connectivity index (χ1n) is 6.82. The molecule has 0 aliphatic carbocycles. The molecule has 2 rings (SSSR count). The third-order valence-electron chi connectivity index (χ3n) is 3.08. The van der Waals surface area contributed by atoms with Crippen molar-refractivity contribution in [2.24, 2.45) is 0 Å². The second kappa shape index (κ2) is 7.09. The molecule has 1 heterocycles. The molecule has 0 atom stereocenters. The molecule has 1 aromatic carbocycles. The summed E-state index contributed by atoms with van der Waals surface area (Å²) >= 11 is 0. The second-order valence-electron chi connectivity index (χ2n) is 4.89. The third kappa shape index (κ3) is 4.69. The van der Waals surface area contributed by atoms with Crippen LogP contribution in [0.2, 0.25) is 0 Å². The number of rotatable bonds is 5. The minimum Gasteiger partial charge on any atom is -0.495 e. The molecular formula is C15H13F3N2O4S. The number of carbonyl (C=O) groups excluding carboxylic acids is 1. The Balaban J connectivity index is 2.14. The van der Waals surface area contributed by atoms with Crippen LogP contribution in [-0.4, -0.2) is 32.2 Å². The zero-order valence-corrected chi connectivity index (χ0v) is 13.7. The number of alkyl halides is 3. The third-order valence-corrected chi connectivity index (χ3v) is 4.61. The fraction of sp³-hybridized carbons (Fsp3) is 0.200. The van der Waals surface area contributed by atoms with Crippen LogP contribution in [0, 0.1) is 0 Å². The van der Waals surface area contributed by atoms with E-state index in [1.807, 2.05) is 0 Å². The van der Waals surface area contributed by atoms with Gasteiger partial charge in [-0.05, 0) is 24.3 Å². The molecule has 2 aromatic rings. The number of hydrogen-bond acceptors (Lipinski definition) is 5. The van der Waals surface area contributed by atoms with E-state index in [2.05, 4.69) is 10.3 Å². The van der Waals surface area contributed by atoms with E-state index in [-0.39, 0.29) is 5.69 Å². The lowest BCUT2D eigenvalue weighted by Crippen LogP contribution is -2.24. The number of sulfone groups is 1. The highest BCUT2D eigenvalue weighted by Crippen LogP contribution is 2.29. The average Bonchev–Trinajstić information content (AvgIpc) is 2.54. The van der Waals surface area contributed by atoms with Crippen LogP contribution in [0.4, 0.5) is 18.9 Å². The van der Waals surface area contributed by atoms with Gasteiger partial charge in [0.1, 0.15) is 11.5 Å². The Hall–Kier alpha value is -2.62. The lowest BCUT2D eigenvalue weighted by Gasteiger charge is -2.10. The van der Waals surface area contributed by atoms with Crippen molar-refractivity contribution >= 4 is 21.4 Å². The summed E-state index contributed by atoms with van der Waals surface area (Å²) in [6, 6.07) is 7.68. The molecule has 0 aliphatic heterocycles. The Morgan fingerprint density at radius 3 is 2.44 bits per heavy atom. The smallest absolute Gasteiger partial charge is 0.417 e. The summed E-state index contributed by atoms with van der Waals surface area (Å²) in [7, 11) is -2.81. The zero-order valence-electron chi connectivity index (χ0n) is 12.9. The average molecular weight is 374 g/mol. The lowest BCUT2D eigenvalue weighted by atomic mass is 10.3. The first-order chi connectivity index (χ1) is 11.6. The minimum absolute atomic E-state index is 0.269. The number of ether oxygens (including phenoxy) is 1. The van der Waals surface area contributed by atoms with Gasteiger partial charge in [0.05, 0.1) is 18.4 Å². The predicted molar refractivity (Wildman–Crippen MR) is 82.9 cm³/mol. The molecule has 0 fully saturated rings. The molecular weight excluding hydrogens is 361 g/mol. The molecule has 10 heteroatoms. The molecule has 0 radical (unpaired) electrons. The summed E-state index contributed by atoms with van der Waals surface area (Å²) in [5, 5.41) is 1.76. The summed E-state index contributed by atoms with van der Waals surface area (Å²) < 4.78 is 66.7. The van der Waals surface area contributed by atoms with Crippen molar-refractivity contribution in [3.63, 3.8) is 0 Å². The molecule has 1 aromatic heterocycles. The van der Waals surface area contributed by atoms with Crippen molar-refractivity contribution in [1.82, 2.24) is 4.98 Å². The molecule has 134 valence electrons. The first-order valence-corrected chi connectivity index (χ1v) is 8.47. The van der Waals surface area contributed by atoms with E-state index >= 15 is 0 Å². The molecule has 1 amide bonds. The van der Waals surface area contributed by atoms with Gasteiger partial charge in [0.25, 0.3) is 0 Å². The van der Waals surface area contributed by atoms with Gasteiger partial charge in [-0.15, -0.1) is 0 Å². The summed E-state index contributed by atoms with van der Waals surface area (Å²) in [4.78, 5) is 15.2. The van der Waals surface area contributed by atoms with Crippen LogP contribution in [0.5, 0.6) is 5.75 Å². The van der Waals surface area contributed by atoms with Gasteiger partial charge in [0.15, 0.2) is 5.03 Å². The maximum atomic E-state index is 12.5. The van der Waals surface area contributed by atoms with Crippen LogP contribution in [0.1, 0.15) is 5.56 Å². The number of pyridine rings is 1. The van der Waals surface area contributed by atoms with Crippen LogP contribution in [0.15, 0.2) is 47.6 Å². The van der Waals surface area contributed by atoms with Gasteiger partial charge < -0.3 is 10.1 Å². The number of para-hydroxylation sites is 2. The van der Waals surface area contributed by atoms with Crippen molar-refractivity contribution in [3.05, 3.63) is 48.2 Å². The normalized spacial score (nSPS) is 11.8. The van der Waals surface area contributed by atoms with E-state index in [4.69, 9.17) is 4.74 Å². The van der Waals surface area contributed by atoms with Crippen molar-refractivity contribution < 1.29 is 31.1 Å². The number of carbonyl (C=O) groups is 1. The molecule has 0 aliphatic rings. The minimum atomic E-state index is -4.63. The highest BCUT2D eigenvalue weighted by molar-refractivity contribution is 7.92. The van der Waals surface area contributed by atoms with Gasteiger partial charge in [-0.2, -0.15) is 13.2 Å². The van der Waals surface area contributed by atoms with Gasteiger partial charge in [-0.1, -0.05) is 12.1 Å². The molecule has 0 unspecified atom stereocenters. The summed E-state index contributed by atoms with van der Waals surface area (Å²) in [5.41, 5.74) is -0.810. The van der Waals surface area contributed by atoms with Crippen LogP contribution >= 0.6 is 0 Å². The first kappa shape index (κ1) is 18.7. The van der Waals surface area contributed by atoms with Gasteiger partial charge >= 0.3 is 6.18 Å². The highest BCUT2D eigenvalue weighted by atomic mass is 32.2. The van der Waals surface area contributed by atoms with Gasteiger partial charge in [-0.25, -0.2) is 13.4 Å². The molecule has 25 heavy (non-hydrogen) atoms. The van der Waals surface area contributed by atoms with E-state index in [0.717, 1.165) is 0 Å². The number of halogens is 3. The van der Waals surface area contributed by atoms with Crippen molar-refractivity contribution in [2.45, 2.75) is 11.2 Å². The fourth-order valence-corrected chi connectivity index (χ4v) is 2.97. The lowest BCUT2D eigenvalue weighted by molar-refractivity contribution is -0.137. The largest absolute Gasteiger partial charge is 0.495 e. The quantitative estimate of drug-likeness (QED) is 0.869. The monoisotopic (exact) mass is 374 g/mol. The van der Waals surface area contributed by atoms with Crippen molar-refractivity contribution in [2.75, 3.05) is 18.2 Å². The summed E-state index contributed by atoms with van der Waals surface area (Å²) in [6.07, 6.45) is -4.22. The number of benzene rings is 1. The number of methoxy groups -OCH3 is 1. The van der Waals surface area contributed by atoms with E-state index in [1.165, 1.54) is 13.2 Å². The van der Waals surface area contributed by atoms with Crippen LogP contribution in [0.3, 0.4) is 0 Å². The number of amides is 1. The number of hydrogen-bond donors (Lipinski definition) is 1. The standard InChI is InChI=1S/C15H13F3N2O4S/c1-24-12-5-3-2-4-11(12)20-13(21)9-25(22,23)14-7-6-10(8-19-14)15(16,17)18/h2-8H,9H2,1H3,(H,20,21). The molecule has 6 nitrogen and oxygen atoms in total. The Morgan fingerprint density at radius 2 is 1.88 bits per heavy atom. The summed E-state index contributed by atoms with van der Waals surface area (Å²) in [6.45, 7) is 0. The van der Waals surface area contributed by atoms with Crippen molar-refractivity contribution in [1.29, 1.82) is 0 Å². The van der Waals surface area contributed by atoms with E-state index in [1.54, 1.807) is 18.2 Å². The van der Waals surface area contributed by atoms with Crippen LogP contribution in [0.25, 0.3) is 0 Å². The maximum Gasteiger partial charge on any atom is 0.417 e. The number of aromatic nitrogens is 1. The molecule has 0 bridgehead atoms. The van der Waals surface area contributed by atoms with Gasteiger partial charge in [-0.3, -0.25) is 4.79 Å². The Kier molecular flexibility index (Phi) is 5.31. The number of anilines is 1. The molecule has 1 N–H and O–H groups in total. The van der Waals surface area contributed by atoms with E-state index in [0.29, 0.717) is 24.1 Å². The van der Waals surface area contributed by atoms with Gasteiger partial charge in [0, 0.05) is 6.20 Å². The Bertz CT molecular complexity index is 865. The Labute approximate surface area is 141 Å². The fourth-order valence-electron chi connectivity index (χ4n) is 1.91. The maximum absolute atomic E-state index is 12.5. The predicted octanol–water partition coefficient (Wildman–Crippen LogP) is 2.52. The van der Waals surface area contributed by atoms with Gasteiger partial charge in [0.2, 0.25) is 15.7 Å². The highest BCUT2D eigenvalue weighted by Gasteiger charge is 2.31. The number of nitrogens with zero attached hydrogens (tertiary/aromatic N) is 1. The SMILES string of the molecule is COc1ccccc1NC(=O)CS(=O)(=O)c1ccc(C(F)(F)F)cn1. The van der Waals surface area contributed by atoms with Crippen LogP contribution < -0.4 is 10.1 Å². The second-order valence-corrected chi connectivity index (χ2v) is 6.83. The number of nitrogens with one attached hydrogen (secondary N) is 1. The zero-order chi connectivity index (χ0) is 18.7. The molecule has 0 spiro atoms. The molecule has 0 saturated heterocycles. The molecule has 0 saturated carbocycles. The van der Waals surface area contributed by atoms with E-state index < -0.39 is 38.3 Å². The van der Waals surface area contributed by atoms with E-state index in [9.17, 15) is 26.4 Å². The van der Waals surface area contributed by atoms with Crippen LogP contribution in [-0.2, 0) is 20.8 Å². The Morgan fingerprint density at radius 1 is 1.20 bits per heavy atom. The van der Waals surface area contributed by atoms with Crippen molar-refractivity contribution in [3.8, 4) is 5.75 Å². The summed E-state index contributed by atoms with van der Waals surface area (Å²) in [5.74, 6) is -1.50.